The highest BCUT2D eigenvalue weighted by Crippen LogP contribution is 2.50. The topological polar surface area (TPSA) is 23.6 Å². The summed E-state index contributed by atoms with van der Waals surface area (Å²) in [6, 6.07) is 8.53. The first-order valence-electron chi connectivity index (χ1n) is 8.07. The summed E-state index contributed by atoms with van der Waals surface area (Å²) < 4.78 is 0. The van der Waals surface area contributed by atoms with Gasteiger partial charge in [0.25, 0.3) is 0 Å². The molecule has 1 fully saturated rings. The zero-order valence-electron chi connectivity index (χ0n) is 14.0. The number of thiophene rings is 2. The van der Waals surface area contributed by atoms with E-state index in [2.05, 4.69) is 60.5 Å². The SMILES string of the molecule is Cc1ccc([C@H]2C[C@@H]2C(=O)N(CCN(C)C)Cc2cccs2)s1. The van der Waals surface area contributed by atoms with Crippen molar-refractivity contribution in [2.24, 2.45) is 5.92 Å². The third-order valence-electron chi connectivity index (χ3n) is 4.29. The molecule has 3 rings (SSSR count). The Balaban J connectivity index is 1.65. The number of hydrogen-bond donors (Lipinski definition) is 0. The third-order valence-corrected chi connectivity index (χ3v) is 6.28. The number of amides is 1. The van der Waals surface area contributed by atoms with Gasteiger partial charge in [-0.25, -0.2) is 0 Å². The van der Waals surface area contributed by atoms with Gasteiger partial charge in [-0.05, 0) is 51.0 Å². The summed E-state index contributed by atoms with van der Waals surface area (Å²) in [6.45, 7) is 4.59. The Hall–Kier alpha value is -1.17. The fourth-order valence-corrected chi connectivity index (χ4v) is 4.62. The Bertz CT molecular complexity index is 648. The molecule has 0 aliphatic heterocycles. The Morgan fingerprint density at radius 1 is 1.26 bits per heavy atom. The monoisotopic (exact) mass is 348 g/mol. The van der Waals surface area contributed by atoms with Crippen LogP contribution in [0.2, 0.25) is 0 Å². The maximum Gasteiger partial charge on any atom is 0.226 e. The normalized spacial score (nSPS) is 20.0. The lowest BCUT2D eigenvalue weighted by Gasteiger charge is -2.24. The Morgan fingerprint density at radius 3 is 2.70 bits per heavy atom. The van der Waals surface area contributed by atoms with Crippen molar-refractivity contribution in [3.63, 3.8) is 0 Å². The molecule has 3 nitrogen and oxygen atoms in total. The Labute approximate surface area is 146 Å². The van der Waals surface area contributed by atoms with Crippen LogP contribution in [0.3, 0.4) is 0 Å². The summed E-state index contributed by atoms with van der Waals surface area (Å²) in [5, 5.41) is 2.08. The van der Waals surface area contributed by atoms with Gasteiger partial charge < -0.3 is 9.80 Å². The van der Waals surface area contributed by atoms with E-state index in [0.29, 0.717) is 11.8 Å². The quantitative estimate of drug-likeness (QED) is 0.759. The van der Waals surface area contributed by atoms with E-state index in [1.165, 1.54) is 14.6 Å². The lowest BCUT2D eigenvalue weighted by Crippen LogP contribution is -2.37. The third kappa shape index (κ3) is 4.22. The minimum Gasteiger partial charge on any atom is -0.336 e. The van der Waals surface area contributed by atoms with Gasteiger partial charge in [0.15, 0.2) is 0 Å². The number of rotatable bonds is 7. The summed E-state index contributed by atoms with van der Waals surface area (Å²) in [4.78, 5) is 21.1. The molecule has 1 aliphatic rings. The van der Waals surface area contributed by atoms with Crippen molar-refractivity contribution in [2.75, 3.05) is 27.2 Å². The number of aryl methyl sites for hydroxylation is 1. The zero-order valence-corrected chi connectivity index (χ0v) is 15.6. The average Bonchev–Trinajstić information content (AvgIpc) is 2.91. The van der Waals surface area contributed by atoms with Crippen molar-refractivity contribution in [1.29, 1.82) is 0 Å². The summed E-state index contributed by atoms with van der Waals surface area (Å²) in [6.07, 6.45) is 1.02. The van der Waals surface area contributed by atoms with Crippen molar-refractivity contribution < 1.29 is 4.79 Å². The highest BCUT2D eigenvalue weighted by atomic mass is 32.1. The molecule has 0 aromatic carbocycles. The second kappa shape index (κ2) is 7.16. The number of nitrogens with zero attached hydrogens (tertiary/aromatic N) is 2. The van der Waals surface area contributed by atoms with Crippen LogP contribution in [0.4, 0.5) is 0 Å². The second-order valence-corrected chi connectivity index (χ2v) is 8.89. The smallest absolute Gasteiger partial charge is 0.226 e. The molecule has 1 amide bonds. The molecule has 0 N–H and O–H groups in total. The molecule has 1 aliphatic carbocycles. The first-order valence-corrected chi connectivity index (χ1v) is 9.76. The number of likely N-dealkylation sites (N-methyl/N-ethyl adjacent to an activating group) is 1. The van der Waals surface area contributed by atoms with E-state index in [9.17, 15) is 4.79 Å². The number of hydrogen-bond acceptors (Lipinski definition) is 4. The fourth-order valence-electron chi connectivity index (χ4n) is 2.85. The molecule has 0 unspecified atom stereocenters. The highest BCUT2D eigenvalue weighted by Gasteiger charge is 2.46. The molecule has 23 heavy (non-hydrogen) atoms. The molecular formula is C18H24N2OS2. The van der Waals surface area contributed by atoms with Crippen LogP contribution < -0.4 is 0 Å². The molecule has 2 heterocycles. The fraction of sp³-hybridized carbons (Fsp3) is 0.500. The van der Waals surface area contributed by atoms with E-state index in [-0.39, 0.29) is 5.92 Å². The average molecular weight is 349 g/mol. The van der Waals surface area contributed by atoms with E-state index in [1.807, 2.05) is 11.3 Å². The minimum atomic E-state index is 0.190. The molecule has 2 aromatic rings. The van der Waals surface area contributed by atoms with E-state index >= 15 is 0 Å². The lowest BCUT2D eigenvalue weighted by atomic mass is 10.2. The van der Waals surface area contributed by atoms with E-state index in [4.69, 9.17) is 0 Å². The summed E-state index contributed by atoms with van der Waals surface area (Å²) in [5.41, 5.74) is 0. The van der Waals surface area contributed by atoms with Crippen molar-refractivity contribution in [3.05, 3.63) is 44.3 Å². The predicted molar refractivity (Wildman–Crippen MR) is 98.2 cm³/mol. The molecule has 0 spiro atoms. The molecule has 0 bridgehead atoms. The lowest BCUT2D eigenvalue weighted by molar-refractivity contribution is -0.133. The predicted octanol–water partition coefficient (Wildman–Crippen LogP) is 3.81. The van der Waals surface area contributed by atoms with E-state index in [0.717, 1.165) is 26.1 Å². The summed E-state index contributed by atoms with van der Waals surface area (Å²) in [5.74, 6) is 0.970. The maximum absolute atomic E-state index is 13.0. The molecule has 0 saturated heterocycles. The molecule has 2 atom stereocenters. The molecule has 2 aromatic heterocycles. The Kier molecular flexibility index (Phi) is 5.19. The maximum atomic E-state index is 13.0. The highest BCUT2D eigenvalue weighted by molar-refractivity contribution is 7.12. The van der Waals surface area contributed by atoms with Gasteiger partial charge in [0.1, 0.15) is 0 Å². The van der Waals surface area contributed by atoms with Gasteiger partial charge in [0, 0.05) is 39.6 Å². The van der Waals surface area contributed by atoms with Crippen molar-refractivity contribution in [1.82, 2.24) is 9.80 Å². The van der Waals surface area contributed by atoms with Gasteiger partial charge in [-0.15, -0.1) is 22.7 Å². The van der Waals surface area contributed by atoms with Gasteiger partial charge in [-0.1, -0.05) is 6.07 Å². The van der Waals surface area contributed by atoms with Gasteiger partial charge in [-0.2, -0.15) is 0 Å². The van der Waals surface area contributed by atoms with Crippen LogP contribution in [0.15, 0.2) is 29.6 Å². The molecule has 5 heteroatoms. The zero-order chi connectivity index (χ0) is 16.4. The van der Waals surface area contributed by atoms with Crippen LogP contribution >= 0.6 is 22.7 Å². The van der Waals surface area contributed by atoms with Crippen LogP contribution in [0, 0.1) is 12.8 Å². The van der Waals surface area contributed by atoms with Crippen LogP contribution in [0.5, 0.6) is 0 Å². The minimum absolute atomic E-state index is 0.190. The van der Waals surface area contributed by atoms with E-state index < -0.39 is 0 Å². The second-order valence-electron chi connectivity index (χ2n) is 6.54. The van der Waals surface area contributed by atoms with E-state index in [1.54, 1.807) is 11.3 Å². The van der Waals surface area contributed by atoms with Crippen LogP contribution in [0.1, 0.15) is 27.0 Å². The van der Waals surface area contributed by atoms with Crippen molar-refractivity contribution >= 4 is 28.6 Å². The summed E-state index contributed by atoms with van der Waals surface area (Å²) >= 11 is 3.57. The number of carbonyl (C=O) groups excluding carboxylic acids is 1. The first-order chi connectivity index (χ1) is 11.0. The largest absolute Gasteiger partial charge is 0.336 e. The van der Waals surface area contributed by atoms with Gasteiger partial charge >= 0.3 is 0 Å². The van der Waals surface area contributed by atoms with Gasteiger partial charge in [0.2, 0.25) is 5.91 Å². The standard InChI is InChI=1S/C18H24N2OS2/c1-13-6-7-17(23-13)15-11-16(15)18(21)20(9-8-19(2)3)12-14-5-4-10-22-14/h4-7,10,15-16H,8-9,11-12H2,1-3H3/t15-,16-/m0/s1. The van der Waals surface area contributed by atoms with Crippen LogP contribution in [0.25, 0.3) is 0 Å². The summed E-state index contributed by atoms with van der Waals surface area (Å²) in [7, 11) is 4.12. The van der Waals surface area contributed by atoms with Crippen LogP contribution in [-0.4, -0.2) is 42.9 Å². The van der Waals surface area contributed by atoms with Gasteiger partial charge in [-0.3, -0.25) is 4.79 Å². The van der Waals surface area contributed by atoms with Gasteiger partial charge in [0.05, 0.1) is 6.54 Å². The molecule has 0 radical (unpaired) electrons. The molecular weight excluding hydrogens is 324 g/mol. The Morgan fingerprint density at radius 2 is 2.09 bits per heavy atom. The molecule has 124 valence electrons. The van der Waals surface area contributed by atoms with Crippen molar-refractivity contribution in [2.45, 2.75) is 25.8 Å². The molecule has 1 saturated carbocycles. The van der Waals surface area contributed by atoms with Crippen molar-refractivity contribution in [3.8, 4) is 0 Å². The van der Waals surface area contributed by atoms with Crippen LogP contribution in [-0.2, 0) is 11.3 Å². The first kappa shape index (κ1) is 16.7. The number of carbonyl (C=O) groups is 1.